The first-order valence-corrected chi connectivity index (χ1v) is 8.00. The van der Waals surface area contributed by atoms with Crippen molar-refractivity contribution in [2.45, 2.75) is 66.1 Å². The zero-order chi connectivity index (χ0) is 15.0. The van der Waals surface area contributed by atoms with Crippen LogP contribution in [0.5, 0.6) is 0 Å². The number of nitrogens with zero attached hydrogens (tertiary/aromatic N) is 2. The lowest BCUT2D eigenvalue weighted by Crippen LogP contribution is -2.43. The molecule has 0 saturated carbocycles. The maximum Gasteiger partial charge on any atom is 0.0547 e. The largest absolute Gasteiger partial charge is 0.312 e. The number of aryl methyl sites for hydroxylation is 1. The smallest absolute Gasteiger partial charge is 0.0547 e. The Bertz CT molecular complexity index is 374. The van der Waals surface area contributed by atoms with Gasteiger partial charge in [0.15, 0.2) is 0 Å². The van der Waals surface area contributed by atoms with Crippen molar-refractivity contribution >= 4 is 0 Å². The Kier molecular flexibility index (Phi) is 7.78. The molecule has 0 fully saturated rings. The van der Waals surface area contributed by atoms with E-state index in [0.29, 0.717) is 12.1 Å². The van der Waals surface area contributed by atoms with Gasteiger partial charge in [0, 0.05) is 30.9 Å². The summed E-state index contributed by atoms with van der Waals surface area (Å²) < 4.78 is 0. The van der Waals surface area contributed by atoms with Crippen LogP contribution in [-0.2, 0) is 6.54 Å². The first-order chi connectivity index (χ1) is 9.60. The van der Waals surface area contributed by atoms with Crippen molar-refractivity contribution in [3.05, 3.63) is 29.6 Å². The fourth-order valence-electron chi connectivity index (χ4n) is 2.52. The first-order valence-electron chi connectivity index (χ1n) is 8.00. The predicted molar refractivity (Wildman–Crippen MR) is 86.9 cm³/mol. The van der Waals surface area contributed by atoms with Crippen LogP contribution in [0.25, 0.3) is 0 Å². The minimum Gasteiger partial charge on any atom is -0.312 e. The predicted octanol–water partition coefficient (Wildman–Crippen LogP) is 3.38. The van der Waals surface area contributed by atoms with Crippen molar-refractivity contribution in [1.82, 2.24) is 15.2 Å². The van der Waals surface area contributed by atoms with Gasteiger partial charge in [-0.3, -0.25) is 9.88 Å². The first kappa shape index (κ1) is 17.1. The number of likely N-dealkylation sites (N-methyl/N-ethyl adjacent to an activating group) is 1. The molecule has 1 atom stereocenters. The van der Waals surface area contributed by atoms with Crippen molar-refractivity contribution in [3.63, 3.8) is 0 Å². The summed E-state index contributed by atoms with van der Waals surface area (Å²) in [4.78, 5) is 7.09. The second kappa shape index (κ2) is 9.09. The fraction of sp³-hybridized carbons (Fsp3) is 0.706. The normalized spacial score (nSPS) is 13.2. The summed E-state index contributed by atoms with van der Waals surface area (Å²) in [5.41, 5.74) is 2.27. The summed E-state index contributed by atoms with van der Waals surface area (Å²) >= 11 is 0. The molecular weight excluding hydrogens is 246 g/mol. The molecular formula is C17H31N3. The van der Waals surface area contributed by atoms with Gasteiger partial charge >= 0.3 is 0 Å². The standard InChI is InChI=1S/C17H31N3/c1-6-16(7-2)18-12-15(5)20(8-3)13-17-11-9-10-14(4)19-17/h9-11,15-16,18H,6-8,12-13H2,1-5H3. The molecule has 0 aliphatic heterocycles. The maximum absolute atomic E-state index is 4.61. The van der Waals surface area contributed by atoms with E-state index < -0.39 is 0 Å². The van der Waals surface area contributed by atoms with E-state index in [1.54, 1.807) is 0 Å². The molecule has 0 amide bonds. The van der Waals surface area contributed by atoms with E-state index in [4.69, 9.17) is 0 Å². The van der Waals surface area contributed by atoms with Gasteiger partial charge < -0.3 is 5.32 Å². The molecule has 3 heteroatoms. The molecule has 1 N–H and O–H groups in total. The Morgan fingerprint density at radius 3 is 2.45 bits per heavy atom. The van der Waals surface area contributed by atoms with Gasteiger partial charge in [-0.25, -0.2) is 0 Å². The third-order valence-electron chi connectivity index (χ3n) is 4.03. The number of hydrogen-bond donors (Lipinski definition) is 1. The summed E-state index contributed by atoms with van der Waals surface area (Å²) in [6, 6.07) is 7.45. The van der Waals surface area contributed by atoms with Crippen LogP contribution in [-0.4, -0.2) is 35.1 Å². The summed E-state index contributed by atoms with van der Waals surface area (Å²) in [5.74, 6) is 0. The molecule has 0 radical (unpaired) electrons. The van der Waals surface area contributed by atoms with Crippen molar-refractivity contribution in [2.75, 3.05) is 13.1 Å². The van der Waals surface area contributed by atoms with Gasteiger partial charge in [0.25, 0.3) is 0 Å². The number of pyridine rings is 1. The highest BCUT2D eigenvalue weighted by atomic mass is 15.2. The van der Waals surface area contributed by atoms with E-state index in [2.05, 4.69) is 68.0 Å². The van der Waals surface area contributed by atoms with Crippen LogP contribution in [0.1, 0.15) is 51.9 Å². The molecule has 3 nitrogen and oxygen atoms in total. The van der Waals surface area contributed by atoms with Gasteiger partial charge in [-0.1, -0.05) is 26.8 Å². The van der Waals surface area contributed by atoms with Crippen molar-refractivity contribution < 1.29 is 0 Å². The number of hydrogen-bond acceptors (Lipinski definition) is 3. The highest BCUT2D eigenvalue weighted by Crippen LogP contribution is 2.07. The van der Waals surface area contributed by atoms with Gasteiger partial charge in [-0.2, -0.15) is 0 Å². The minimum atomic E-state index is 0.530. The summed E-state index contributed by atoms with van der Waals surface area (Å²) in [5, 5.41) is 3.67. The lowest BCUT2D eigenvalue weighted by atomic mass is 10.1. The molecule has 1 aromatic heterocycles. The highest BCUT2D eigenvalue weighted by molar-refractivity contribution is 5.09. The number of rotatable bonds is 9. The van der Waals surface area contributed by atoms with E-state index >= 15 is 0 Å². The lowest BCUT2D eigenvalue weighted by molar-refractivity contribution is 0.198. The van der Waals surface area contributed by atoms with E-state index in [0.717, 1.165) is 25.3 Å². The van der Waals surface area contributed by atoms with Crippen LogP contribution >= 0.6 is 0 Å². The number of nitrogens with one attached hydrogen (secondary N) is 1. The van der Waals surface area contributed by atoms with Crippen LogP contribution in [0.2, 0.25) is 0 Å². The molecule has 0 spiro atoms. The van der Waals surface area contributed by atoms with Gasteiger partial charge in [0.2, 0.25) is 0 Å². The van der Waals surface area contributed by atoms with Gasteiger partial charge in [-0.15, -0.1) is 0 Å². The Morgan fingerprint density at radius 1 is 1.20 bits per heavy atom. The van der Waals surface area contributed by atoms with Crippen LogP contribution in [0.15, 0.2) is 18.2 Å². The Morgan fingerprint density at radius 2 is 1.90 bits per heavy atom. The average Bonchev–Trinajstić information content (AvgIpc) is 2.45. The average molecular weight is 277 g/mol. The van der Waals surface area contributed by atoms with E-state index in [1.807, 2.05) is 0 Å². The SMILES string of the molecule is CCC(CC)NCC(C)N(CC)Cc1cccc(C)n1. The molecule has 1 unspecified atom stereocenters. The molecule has 0 bridgehead atoms. The van der Waals surface area contributed by atoms with Crippen molar-refractivity contribution in [2.24, 2.45) is 0 Å². The van der Waals surface area contributed by atoms with Crippen molar-refractivity contribution in [1.29, 1.82) is 0 Å². The van der Waals surface area contributed by atoms with E-state index in [9.17, 15) is 0 Å². The quantitative estimate of drug-likeness (QED) is 0.750. The molecule has 0 aromatic carbocycles. The topological polar surface area (TPSA) is 28.2 Å². The van der Waals surface area contributed by atoms with Crippen LogP contribution in [0.4, 0.5) is 0 Å². The number of aromatic nitrogens is 1. The second-order valence-electron chi connectivity index (χ2n) is 5.60. The molecule has 1 heterocycles. The minimum absolute atomic E-state index is 0.530. The lowest BCUT2D eigenvalue weighted by Gasteiger charge is -2.29. The zero-order valence-corrected chi connectivity index (χ0v) is 13.8. The molecule has 1 aromatic rings. The molecule has 20 heavy (non-hydrogen) atoms. The highest BCUT2D eigenvalue weighted by Gasteiger charge is 2.14. The van der Waals surface area contributed by atoms with Crippen LogP contribution in [0, 0.1) is 6.92 Å². The van der Waals surface area contributed by atoms with Gasteiger partial charge in [0.1, 0.15) is 0 Å². The molecule has 0 aliphatic carbocycles. The second-order valence-corrected chi connectivity index (χ2v) is 5.60. The van der Waals surface area contributed by atoms with Crippen LogP contribution in [0.3, 0.4) is 0 Å². The zero-order valence-electron chi connectivity index (χ0n) is 13.8. The monoisotopic (exact) mass is 277 g/mol. The van der Waals surface area contributed by atoms with Gasteiger partial charge in [0.05, 0.1) is 5.69 Å². The molecule has 114 valence electrons. The Hall–Kier alpha value is -0.930. The van der Waals surface area contributed by atoms with E-state index in [1.165, 1.54) is 18.5 Å². The fourth-order valence-corrected chi connectivity index (χ4v) is 2.52. The van der Waals surface area contributed by atoms with Crippen LogP contribution < -0.4 is 5.32 Å². The summed E-state index contributed by atoms with van der Waals surface area (Å²) in [6.45, 7) is 14.1. The Balaban J connectivity index is 2.52. The third-order valence-corrected chi connectivity index (χ3v) is 4.03. The van der Waals surface area contributed by atoms with Crippen molar-refractivity contribution in [3.8, 4) is 0 Å². The molecule has 0 aliphatic rings. The summed E-state index contributed by atoms with van der Waals surface area (Å²) in [7, 11) is 0. The maximum atomic E-state index is 4.61. The Labute approximate surface area is 124 Å². The molecule has 0 saturated heterocycles. The summed E-state index contributed by atoms with van der Waals surface area (Å²) in [6.07, 6.45) is 2.41. The third kappa shape index (κ3) is 5.59. The van der Waals surface area contributed by atoms with Gasteiger partial charge in [-0.05, 0) is 45.4 Å². The molecule has 1 rings (SSSR count). The van der Waals surface area contributed by atoms with E-state index in [-0.39, 0.29) is 0 Å².